The number of carbonyl (C=O) groups excluding carboxylic acids is 1. The average Bonchev–Trinajstić information content (AvgIpc) is 2.25. The normalized spacial score (nSPS) is 14.1. The molecule has 19 heavy (non-hydrogen) atoms. The number of nitrogens with one attached hydrogen (secondary N) is 2. The molecule has 0 spiro atoms. The minimum atomic E-state index is -1.18. The zero-order valence-electron chi connectivity index (χ0n) is 11.0. The van der Waals surface area contributed by atoms with Crippen LogP contribution >= 0.6 is 0 Å². The van der Waals surface area contributed by atoms with Gasteiger partial charge in [0.1, 0.15) is 12.1 Å². The molecule has 8 heteroatoms. The van der Waals surface area contributed by atoms with Crippen LogP contribution in [-0.4, -0.2) is 40.1 Å². The van der Waals surface area contributed by atoms with Crippen molar-refractivity contribution in [3.8, 4) is 0 Å². The molecule has 8 nitrogen and oxygen atoms in total. The van der Waals surface area contributed by atoms with Crippen LogP contribution in [0.25, 0.3) is 0 Å². The van der Waals surface area contributed by atoms with Gasteiger partial charge in [-0.05, 0) is 18.8 Å². The minimum Gasteiger partial charge on any atom is -0.480 e. The van der Waals surface area contributed by atoms with Crippen LogP contribution in [0.3, 0.4) is 0 Å². The van der Waals surface area contributed by atoms with Gasteiger partial charge in [0.05, 0.1) is 0 Å². The lowest BCUT2D eigenvalue weighted by molar-refractivity contribution is -0.143. The second kappa shape index (κ2) is 8.44. The average molecular weight is 276 g/mol. The lowest BCUT2D eigenvalue weighted by Gasteiger charge is -2.20. The summed E-state index contributed by atoms with van der Waals surface area (Å²) < 4.78 is 0. The standard InChI is InChI=1S/C11H21N3O5/c1-6(2)5-8(11(18)19)14-13-7(10(16)17)3-4-9(12)15/h6-8,13-14H,3-5H2,1-2H3,(H2,12,15)(H,16,17)(H,18,19)/t7-,8-/m0/s1/i13+1. The molecule has 110 valence electrons. The number of amides is 1. The van der Waals surface area contributed by atoms with Gasteiger partial charge in [-0.3, -0.25) is 14.4 Å². The Morgan fingerprint density at radius 2 is 1.53 bits per heavy atom. The molecular formula is C11H21N3O5. The summed E-state index contributed by atoms with van der Waals surface area (Å²) in [5.74, 6) is -2.71. The predicted octanol–water partition coefficient (Wildman–Crippen LogP) is -0.701. The van der Waals surface area contributed by atoms with E-state index in [0.717, 1.165) is 0 Å². The fraction of sp³-hybridized carbons (Fsp3) is 0.727. The Morgan fingerprint density at radius 1 is 1.05 bits per heavy atom. The van der Waals surface area contributed by atoms with Crippen molar-refractivity contribution >= 4 is 17.8 Å². The SMILES string of the molecule is CC(C)C[C@H](N[15NH][C@@H](CCC(N)=O)C(=O)O)C(=O)O. The number of carboxylic acids is 2. The van der Waals surface area contributed by atoms with Crippen molar-refractivity contribution in [2.45, 2.75) is 45.2 Å². The molecule has 2 atom stereocenters. The van der Waals surface area contributed by atoms with Crippen LogP contribution in [0.15, 0.2) is 0 Å². The lowest BCUT2D eigenvalue weighted by Crippen LogP contribution is -2.53. The van der Waals surface area contributed by atoms with Crippen LogP contribution in [-0.2, 0) is 14.4 Å². The first-order valence-corrected chi connectivity index (χ1v) is 5.99. The third-order valence-electron chi connectivity index (χ3n) is 2.41. The van der Waals surface area contributed by atoms with Crippen LogP contribution in [0, 0.1) is 5.92 Å². The van der Waals surface area contributed by atoms with E-state index in [0.29, 0.717) is 6.42 Å². The Bertz CT molecular complexity index is 332. The van der Waals surface area contributed by atoms with Crippen molar-refractivity contribution in [2.24, 2.45) is 11.7 Å². The van der Waals surface area contributed by atoms with Gasteiger partial charge in [0.15, 0.2) is 0 Å². The van der Waals surface area contributed by atoms with Gasteiger partial charge in [0, 0.05) is 6.42 Å². The fourth-order valence-corrected chi connectivity index (χ4v) is 1.44. The maximum absolute atomic E-state index is 11.0. The molecule has 1 amide bonds. The van der Waals surface area contributed by atoms with Gasteiger partial charge in [-0.1, -0.05) is 13.8 Å². The molecule has 0 radical (unpaired) electrons. The second-order valence-corrected chi connectivity index (χ2v) is 4.70. The van der Waals surface area contributed by atoms with E-state index in [1.54, 1.807) is 0 Å². The van der Waals surface area contributed by atoms with Gasteiger partial charge in [-0.25, -0.2) is 10.9 Å². The van der Waals surface area contributed by atoms with Gasteiger partial charge in [0.25, 0.3) is 0 Å². The Labute approximate surface area is 111 Å². The smallest absolute Gasteiger partial charge is 0.322 e. The number of rotatable bonds is 10. The van der Waals surface area contributed by atoms with Gasteiger partial charge >= 0.3 is 11.9 Å². The molecule has 0 bridgehead atoms. The largest absolute Gasteiger partial charge is 0.480 e. The highest BCUT2D eigenvalue weighted by atomic mass is 16.4. The predicted molar refractivity (Wildman–Crippen MR) is 67.0 cm³/mol. The summed E-state index contributed by atoms with van der Waals surface area (Å²) in [6.45, 7) is 3.72. The quantitative estimate of drug-likeness (QED) is 0.262. The lowest BCUT2D eigenvalue weighted by atomic mass is 10.0. The highest BCUT2D eigenvalue weighted by molar-refractivity contribution is 5.77. The summed E-state index contributed by atoms with van der Waals surface area (Å²) >= 11 is 0. The van der Waals surface area contributed by atoms with E-state index >= 15 is 0 Å². The molecule has 0 heterocycles. The van der Waals surface area contributed by atoms with Crippen LogP contribution in [0.4, 0.5) is 0 Å². The first-order valence-electron chi connectivity index (χ1n) is 5.99. The van der Waals surface area contributed by atoms with Crippen molar-refractivity contribution < 1.29 is 24.6 Å². The number of hydrogen-bond donors (Lipinski definition) is 5. The molecule has 0 saturated heterocycles. The number of aliphatic carboxylic acids is 2. The summed E-state index contributed by atoms with van der Waals surface area (Å²) in [5, 5.41) is 17.9. The molecule has 0 aromatic carbocycles. The molecule has 0 aliphatic rings. The van der Waals surface area contributed by atoms with Crippen molar-refractivity contribution in [1.82, 2.24) is 10.9 Å². The number of hydrazine groups is 1. The number of nitrogens with two attached hydrogens (primary N) is 1. The molecule has 0 aliphatic heterocycles. The Balaban J connectivity index is 4.37. The summed E-state index contributed by atoms with van der Waals surface area (Å²) in [6, 6.07) is -1.96. The summed E-state index contributed by atoms with van der Waals surface area (Å²) in [4.78, 5) is 32.5. The minimum absolute atomic E-state index is 0.00825. The number of carbonyl (C=O) groups is 3. The van der Waals surface area contributed by atoms with E-state index < -0.39 is 29.9 Å². The molecule has 0 aromatic rings. The molecule has 0 aliphatic carbocycles. The van der Waals surface area contributed by atoms with Gasteiger partial charge in [-0.2, -0.15) is 0 Å². The third kappa shape index (κ3) is 8.11. The highest BCUT2D eigenvalue weighted by Crippen LogP contribution is 2.05. The highest BCUT2D eigenvalue weighted by Gasteiger charge is 2.23. The Kier molecular flexibility index (Phi) is 7.69. The number of hydrogen-bond acceptors (Lipinski definition) is 5. The summed E-state index contributed by atoms with van der Waals surface area (Å²) in [7, 11) is 0. The van der Waals surface area contributed by atoms with E-state index in [1.807, 2.05) is 13.8 Å². The first kappa shape index (κ1) is 17.3. The monoisotopic (exact) mass is 276 g/mol. The van der Waals surface area contributed by atoms with E-state index in [9.17, 15) is 14.4 Å². The Morgan fingerprint density at radius 3 is 1.89 bits per heavy atom. The van der Waals surface area contributed by atoms with E-state index in [2.05, 4.69) is 10.9 Å². The molecule has 6 N–H and O–H groups in total. The Hall–Kier alpha value is -1.67. The zero-order chi connectivity index (χ0) is 15.0. The van der Waals surface area contributed by atoms with E-state index in [4.69, 9.17) is 15.9 Å². The number of primary amides is 1. The number of carboxylic acid groups (broad SMARTS) is 2. The van der Waals surface area contributed by atoms with Crippen LogP contribution in [0.1, 0.15) is 33.1 Å². The first-order chi connectivity index (χ1) is 8.73. The van der Waals surface area contributed by atoms with Crippen molar-refractivity contribution in [2.75, 3.05) is 0 Å². The fourth-order valence-electron chi connectivity index (χ4n) is 1.44. The topological polar surface area (TPSA) is 142 Å². The molecular weight excluding hydrogens is 255 g/mol. The van der Waals surface area contributed by atoms with E-state index in [-0.39, 0.29) is 18.8 Å². The summed E-state index contributed by atoms with van der Waals surface area (Å²) in [6.07, 6.45) is 0.254. The van der Waals surface area contributed by atoms with Crippen molar-refractivity contribution in [3.05, 3.63) is 0 Å². The molecule has 0 aromatic heterocycles. The van der Waals surface area contributed by atoms with Gasteiger partial charge < -0.3 is 15.9 Å². The second-order valence-electron chi connectivity index (χ2n) is 4.70. The van der Waals surface area contributed by atoms with Crippen LogP contribution < -0.4 is 16.6 Å². The maximum atomic E-state index is 11.0. The molecule has 0 rings (SSSR count). The van der Waals surface area contributed by atoms with Gasteiger partial charge in [-0.15, -0.1) is 0 Å². The van der Waals surface area contributed by atoms with Gasteiger partial charge in [0.2, 0.25) is 5.91 Å². The van der Waals surface area contributed by atoms with Crippen LogP contribution in [0.2, 0.25) is 0 Å². The van der Waals surface area contributed by atoms with Crippen molar-refractivity contribution in [3.63, 3.8) is 0 Å². The molecule has 0 saturated carbocycles. The summed E-state index contributed by atoms with van der Waals surface area (Å²) in [5.41, 5.74) is 9.83. The van der Waals surface area contributed by atoms with E-state index in [1.165, 1.54) is 0 Å². The molecule has 0 fully saturated rings. The van der Waals surface area contributed by atoms with Crippen LogP contribution in [0.5, 0.6) is 0 Å². The zero-order valence-corrected chi connectivity index (χ0v) is 11.0. The third-order valence-corrected chi connectivity index (χ3v) is 2.41. The van der Waals surface area contributed by atoms with Crippen molar-refractivity contribution in [1.29, 1.82) is 0 Å². The molecule has 0 unspecified atom stereocenters. The maximum Gasteiger partial charge on any atom is 0.322 e.